The van der Waals surface area contributed by atoms with Crippen molar-refractivity contribution in [3.05, 3.63) is 77.6 Å². The minimum atomic E-state index is 0.00653. The predicted molar refractivity (Wildman–Crippen MR) is 90.5 cm³/mol. The van der Waals surface area contributed by atoms with E-state index in [9.17, 15) is 4.79 Å². The largest absolute Gasteiger partial charge is 0.274 e. The molecule has 0 radical (unpaired) electrons. The van der Waals surface area contributed by atoms with Crippen molar-refractivity contribution >= 4 is 29.0 Å². The minimum absolute atomic E-state index is 0.00653. The molecule has 0 N–H and O–H groups in total. The third-order valence-corrected chi connectivity index (χ3v) is 5.47. The Morgan fingerprint density at radius 2 is 1.83 bits per heavy atom. The van der Waals surface area contributed by atoms with Gasteiger partial charge in [-0.1, -0.05) is 36.0 Å². The lowest BCUT2D eigenvalue weighted by Gasteiger charge is -2.31. The number of anilines is 2. The van der Waals surface area contributed by atoms with Crippen LogP contribution in [0.5, 0.6) is 0 Å². The van der Waals surface area contributed by atoms with Gasteiger partial charge in [0.25, 0.3) is 5.91 Å². The first kappa shape index (κ1) is 12.9. The second-order valence-electron chi connectivity index (χ2n) is 5.68. The van der Waals surface area contributed by atoms with Crippen LogP contribution in [0.15, 0.2) is 70.7 Å². The smallest absolute Gasteiger partial charge is 0.264 e. The maximum atomic E-state index is 13.3. The van der Waals surface area contributed by atoms with Gasteiger partial charge >= 0.3 is 0 Å². The Bertz CT molecular complexity index is 967. The summed E-state index contributed by atoms with van der Waals surface area (Å²) >= 11 is 1.73. The van der Waals surface area contributed by atoms with E-state index in [2.05, 4.69) is 29.2 Å². The van der Waals surface area contributed by atoms with Crippen LogP contribution in [0.25, 0.3) is 0 Å². The summed E-state index contributed by atoms with van der Waals surface area (Å²) in [7, 11) is 0. The zero-order valence-electron chi connectivity index (χ0n) is 12.2. The van der Waals surface area contributed by atoms with Gasteiger partial charge in [0.15, 0.2) is 0 Å². The zero-order chi connectivity index (χ0) is 15.4. The van der Waals surface area contributed by atoms with E-state index in [0.29, 0.717) is 5.56 Å². The van der Waals surface area contributed by atoms with Crippen molar-refractivity contribution < 1.29 is 4.79 Å². The number of pyridine rings is 1. The lowest BCUT2D eigenvalue weighted by atomic mass is 10.0. The molecule has 23 heavy (non-hydrogen) atoms. The molecule has 0 unspecified atom stereocenters. The second kappa shape index (κ2) is 4.70. The maximum absolute atomic E-state index is 13.3. The number of carbonyl (C=O) groups is 1. The van der Waals surface area contributed by atoms with Crippen LogP contribution in [-0.2, 0) is 6.42 Å². The fourth-order valence-electron chi connectivity index (χ4n) is 3.32. The van der Waals surface area contributed by atoms with Crippen molar-refractivity contribution in [3.8, 4) is 0 Å². The quantitative estimate of drug-likeness (QED) is 0.615. The van der Waals surface area contributed by atoms with E-state index in [1.807, 2.05) is 29.2 Å². The van der Waals surface area contributed by atoms with E-state index in [-0.39, 0.29) is 5.91 Å². The van der Waals surface area contributed by atoms with Gasteiger partial charge in [-0.3, -0.25) is 14.7 Å². The van der Waals surface area contributed by atoms with E-state index >= 15 is 0 Å². The number of fused-ring (bicyclic) bond motifs is 3. The van der Waals surface area contributed by atoms with E-state index in [1.165, 1.54) is 5.56 Å². The molecule has 2 aliphatic rings. The lowest BCUT2D eigenvalue weighted by molar-refractivity contribution is 0.0998. The molecule has 2 aliphatic heterocycles. The number of amides is 1. The summed E-state index contributed by atoms with van der Waals surface area (Å²) in [6.07, 6.45) is 4.20. The number of rotatable bonds is 0. The van der Waals surface area contributed by atoms with Crippen LogP contribution in [0.1, 0.15) is 21.5 Å². The summed E-state index contributed by atoms with van der Waals surface area (Å²) in [4.78, 5) is 21.5. The molecule has 0 fully saturated rings. The van der Waals surface area contributed by atoms with Crippen molar-refractivity contribution in [1.82, 2.24) is 4.98 Å². The van der Waals surface area contributed by atoms with E-state index < -0.39 is 0 Å². The van der Waals surface area contributed by atoms with Crippen molar-refractivity contribution in [2.75, 3.05) is 4.90 Å². The van der Waals surface area contributed by atoms with Crippen LogP contribution in [0.3, 0.4) is 0 Å². The highest BCUT2D eigenvalue weighted by Gasteiger charge is 2.34. The predicted octanol–water partition coefficient (Wildman–Crippen LogP) is 4.43. The highest BCUT2D eigenvalue weighted by molar-refractivity contribution is 7.99. The van der Waals surface area contributed by atoms with Crippen molar-refractivity contribution in [2.24, 2.45) is 0 Å². The van der Waals surface area contributed by atoms with Crippen LogP contribution in [0, 0.1) is 0 Å². The summed E-state index contributed by atoms with van der Waals surface area (Å²) in [5.41, 5.74) is 4.89. The molecule has 3 aromatic rings. The Hall–Kier alpha value is -2.59. The van der Waals surface area contributed by atoms with Gasteiger partial charge in [0.2, 0.25) is 0 Å². The number of para-hydroxylation sites is 2. The van der Waals surface area contributed by atoms with Crippen LogP contribution in [-0.4, -0.2) is 10.9 Å². The molecule has 0 saturated heterocycles. The molecule has 3 heterocycles. The molecule has 1 amide bonds. The summed E-state index contributed by atoms with van der Waals surface area (Å²) in [6.45, 7) is 0. The molecule has 110 valence electrons. The summed E-state index contributed by atoms with van der Waals surface area (Å²) in [5, 5.41) is 0. The van der Waals surface area contributed by atoms with Gasteiger partial charge in [-0.05, 0) is 35.4 Å². The van der Waals surface area contributed by atoms with Crippen LogP contribution < -0.4 is 4.90 Å². The van der Waals surface area contributed by atoms with E-state index in [0.717, 1.165) is 33.2 Å². The first-order valence-corrected chi connectivity index (χ1v) is 8.31. The van der Waals surface area contributed by atoms with Gasteiger partial charge in [-0.2, -0.15) is 0 Å². The SMILES string of the molecule is O=C1c2cnccc2Cc2cccc3c2N1c1ccccc1S3. The van der Waals surface area contributed by atoms with E-state index in [1.54, 1.807) is 24.2 Å². The van der Waals surface area contributed by atoms with Crippen LogP contribution >= 0.6 is 11.8 Å². The molecule has 0 bridgehead atoms. The Morgan fingerprint density at radius 3 is 2.78 bits per heavy atom. The monoisotopic (exact) mass is 316 g/mol. The Morgan fingerprint density at radius 1 is 0.957 bits per heavy atom. The lowest BCUT2D eigenvalue weighted by Crippen LogP contribution is -2.28. The standard InChI is InChI=1S/C19H12N2OS/c22-19-14-11-20-9-8-12(14)10-13-4-3-7-17-18(13)21(19)15-5-1-2-6-16(15)23-17/h1-9,11H,10H2. The average molecular weight is 316 g/mol. The average Bonchev–Trinajstić information content (AvgIpc) is 2.72. The van der Waals surface area contributed by atoms with Gasteiger partial charge in [-0.15, -0.1) is 0 Å². The van der Waals surface area contributed by atoms with Gasteiger partial charge in [-0.25, -0.2) is 0 Å². The number of benzene rings is 2. The van der Waals surface area contributed by atoms with E-state index in [4.69, 9.17) is 0 Å². The fraction of sp³-hybridized carbons (Fsp3) is 0.0526. The topological polar surface area (TPSA) is 33.2 Å². The van der Waals surface area contributed by atoms with Crippen molar-refractivity contribution in [3.63, 3.8) is 0 Å². The van der Waals surface area contributed by atoms with Crippen LogP contribution in [0.2, 0.25) is 0 Å². The number of carbonyl (C=O) groups excluding carboxylic acids is 1. The van der Waals surface area contributed by atoms with Crippen LogP contribution in [0.4, 0.5) is 11.4 Å². The Labute approximate surface area is 138 Å². The third kappa shape index (κ3) is 1.79. The summed E-state index contributed by atoms with van der Waals surface area (Å²) in [5.74, 6) is 0.00653. The maximum Gasteiger partial charge on any atom is 0.264 e. The first-order chi connectivity index (χ1) is 11.3. The minimum Gasteiger partial charge on any atom is -0.274 e. The molecule has 3 nitrogen and oxygen atoms in total. The molecule has 4 heteroatoms. The van der Waals surface area contributed by atoms with Gasteiger partial charge in [0.05, 0.1) is 16.9 Å². The van der Waals surface area contributed by atoms with Gasteiger partial charge in [0.1, 0.15) is 0 Å². The molecule has 0 atom stereocenters. The van der Waals surface area contributed by atoms with Gasteiger partial charge in [0, 0.05) is 28.6 Å². The molecule has 0 aliphatic carbocycles. The highest BCUT2D eigenvalue weighted by atomic mass is 32.2. The summed E-state index contributed by atoms with van der Waals surface area (Å²) < 4.78 is 0. The second-order valence-corrected chi connectivity index (χ2v) is 6.77. The Kier molecular flexibility index (Phi) is 2.64. The molecule has 0 spiro atoms. The van der Waals surface area contributed by atoms with Crippen molar-refractivity contribution in [2.45, 2.75) is 16.2 Å². The molecule has 1 aromatic heterocycles. The number of nitrogens with zero attached hydrogens (tertiary/aromatic N) is 2. The molecule has 5 rings (SSSR count). The van der Waals surface area contributed by atoms with Crippen molar-refractivity contribution in [1.29, 1.82) is 0 Å². The summed E-state index contributed by atoms with van der Waals surface area (Å²) in [6, 6.07) is 16.3. The fourth-order valence-corrected chi connectivity index (χ4v) is 4.43. The van der Waals surface area contributed by atoms with Gasteiger partial charge < -0.3 is 0 Å². The Balaban J connectivity index is 1.86. The zero-order valence-corrected chi connectivity index (χ0v) is 13.0. The normalized spacial score (nSPS) is 14.6. The molecule has 2 aromatic carbocycles. The number of aromatic nitrogens is 1. The third-order valence-electron chi connectivity index (χ3n) is 4.36. The molecular weight excluding hydrogens is 304 g/mol. The molecular formula is C19H12N2OS. The highest BCUT2D eigenvalue weighted by Crippen LogP contribution is 2.51. The first-order valence-electron chi connectivity index (χ1n) is 7.49. The molecule has 0 saturated carbocycles. The number of hydrogen-bond donors (Lipinski definition) is 0. The number of hydrogen-bond acceptors (Lipinski definition) is 3.